The summed E-state index contributed by atoms with van der Waals surface area (Å²) in [6.07, 6.45) is 8.08. The van der Waals surface area contributed by atoms with Crippen molar-refractivity contribution in [1.82, 2.24) is 4.90 Å². The van der Waals surface area contributed by atoms with Gasteiger partial charge in [0.15, 0.2) is 0 Å². The largest absolute Gasteiger partial charge is 0.378 e. The number of hydrogen-bond acceptors (Lipinski definition) is 4. The van der Waals surface area contributed by atoms with Crippen molar-refractivity contribution < 1.29 is 4.74 Å². The quantitative estimate of drug-likeness (QED) is 0.558. The maximum absolute atomic E-state index is 5.61. The van der Waals surface area contributed by atoms with E-state index in [4.69, 9.17) is 4.74 Å². The standard InChI is InChI=1S/C28H47N3O/c1-5-6-13-29-14-16-31(17-15-29)27-22-25(30-18-20-32-21-19-30)11-12-26(27)23-7-9-24(10-8-23)28(2,3)4/h11-12,22-24H,5-10,13-21H2,1-4H3. The number of nitrogens with zero attached hydrogens (tertiary/aromatic N) is 3. The van der Waals surface area contributed by atoms with Crippen LogP contribution in [0.5, 0.6) is 0 Å². The molecule has 0 unspecified atom stereocenters. The molecule has 1 aliphatic carbocycles. The van der Waals surface area contributed by atoms with E-state index in [0.29, 0.717) is 5.41 Å². The van der Waals surface area contributed by atoms with Gasteiger partial charge in [-0.3, -0.25) is 4.90 Å². The molecule has 4 heteroatoms. The Morgan fingerprint density at radius 1 is 0.875 bits per heavy atom. The summed E-state index contributed by atoms with van der Waals surface area (Å²) in [6, 6.07) is 7.42. The third-order valence-electron chi connectivity index (χ3n) is 8.32. The minimum Gasteiger partial charge on any atom is -0.378 e. The molecule has 3 fully saturated rings. The fourth-order valence-corrected chi connectivity index (χ4v) is 6.03. The predicted molar refractivity (Wildman–Crippen MR) is 137 cm³/mol. The van der Waals surface area contributed by atoms with Crippen molar-refractivity contribution in [3.8, 4) is 0 Å². The molecule has 32 heavy (non-hydrogen) atoms. The van der Waals surface area contributed by atoms with Crippen LogP contribution in [-0.4, -0.2) is 63.9 Å². The lowest BCUT2D eigenvalue weighted by Crippen LogP contribution is -2.47. The normalized spacial score (nSPS) is 25.9. The van der Waals surface area contributed by atoms with Crippen molar-refractivity contribution in [2.45, 2.75) is 72.1 Å². The smallest absolute Gasteiger partial charge is 0.0642 e. The van der Waals surface area contributed by atoms with Crippen LogP contribution in [0.25, 0.3) is 0 Å². The van der Waals surface area contributed by atoms with Crippen LogP contribution in [0.3, 0.4) is 0 Å². The van der Waals surface area contributed by atoms with Crippen LogP contribution in [0, 0.1) is 11.3 Å². The number of hydrogen-bond donors (Lipinski definition) is 0. The molecule has 3 aliphatic rings. The van der Waals surface area contributed by atoms with Crippen molar-refractivity contribution >= 4 is 11.4 Å². The molecule has 0 radical (unpaired) electrons. The first-order chi connectivity index (χ1) is 15.5. The summed E-state index contributed by atoms with van der Waals surface area (Å²) in [5, 5.41) is 0. The van der Waals surface area contributed by atoms with Gasteiger partial charge < -0.3 is 14.5 Å². The third-order valence-corrected chi connectivity index (χ3v) is 8.32. The summed E-state index contributed by atoms with van der Waals surface area (Å²) in [5.74, 6) is 1.59. The van der Waals surface area contributed by atoms with Crippen LogP contribution in [0.15, 0.2) is 18.2 Å². The van der Waals surface area contributed by atoms with Gasteiger partial charge in [-0.1, -0.05) is 40.2 Å². The number of rotatable bonds is 6. The van der Waals surface area contributed by atoms with Crippen molar-refractivity contribution in [2.75, 3.05) is 68.8 Å². The highest BCUT2D eigenvalue weighted by atomic mass is 16.5. The Bertz CT molecular complexity index is 706. The van der Waals surface area contributed by atoms with E-state index in [1.54, 1.807) is 5.56 Å². The fourth-order valence-electron chi connectivity index (χ4n) is 6.03. The molecule has 0 aromatic heterocycles. The van der Waals surface area contributed by atoms with Gasteiger partial charge in [-0.25, -0.2) is 0 Å². The summed E-state index contributed by atoms with van der Waals surface area (Å²) in [5.41, 5.74) is 4.99. The zero-order chi connectivity index (χ0) is 22.6. The number of benzene rings is 1. The van der Waals surface area contributed by atoms with Gasteiger partial charge in [-0.15, -0.1) is 0 Å². The zero-order valence-electron chi connectivity index (χ0n) is 21.2. The second-order valence-electron chi connectivity index (χ2n) is 11.4. The lowest BCUT2D eigenvalue weighted by atomic mass is 9.68. The Kier molecular flexibility index (Phi) is 8.04. The first-order valence-corrected chi connectivity index (χ1v) is 13.4. The van der Waals surface area contributed by atoms with E-state index in [-0.39, 0.29) is 0 Å². The molecule has 4 nitrogen and oxygen atoms in total. The molecule has 2 saturated heterocycles. The monoisotopic (exact) mass is 441 g/mol. The van der Waals surface area contributed by atoms with Crippen LogP contribution in [0.2, 0.25) is 0 Å². The molecule has 0 atom stereocenters. The highest BCUT2D eigenvalue weighted by Crippen LogP contribution is 2.46. The van der Waals surface area contributed by atoms with E-state index in [1.807, 2.05) is 0 Å². The predicted octanol–water partition coefficient (Wildman–Crippen LogP) is 5.77. The molecule has 0 N–H and O–H groups in total. The molecule has 180 valence electrons. The van der Waals surface area contributed by atoms with Crippen LogP contribution in [-0.2, 0) is 4.74 Å². The van der Waals surface area contributed by atoms with Crippen molar-refractivity contribution in [3.05, 3.63) is 23.8 Å². The van der Waals surface area contributed by atoms with Gasteiger partial charge in [-0.2, -0.15) is 0 Å². The summed E-state index contributed by atoms with van der Waals surface area (Å²) in [6.45, 7) is 19.3. The zero-order valence-corrected chi connectivity index (χ0v) is 21.2. The average molecular weight is 442 g/mol. The topological polar surface area (TPSA) is 19.0 Å². The highest BCUT2D eigenvalue weighted by Gasteiger charge is 2.32. The number of unbranched alkanes of at least 4 members (excludes halogenated alkanes) is 1. The molecule has 0 spiro atoms. The molecule has 1 aromatic carbocycles. The Hall–Kier alpha value is -1.26. The van der Waals surface area contributed by atoms with E-state index < -0.39 is 0 Å². The summed E-state index contributed by atoms with van der Waals surface area (Å²) in [4.78, 5) is 7.89. The Morgan fingerprint density at radius 2 is 1.56 bits per heavy atom. The lowest BCUT2D eigenvalue weighted by molar-refractivity contribution is 0.122. The van der Waals surface area contributed by atoms with Crippen molar-refractivity contribution in [3.63, 3.8) is 0 Å². The first kappa shape index (κ1) is 23.9. The molecule has 1 saturated carbocycles. The Morgan fingerprint density at radius 3 is 2.19 bits per heavy atom. The molecule has 1 aromatic rings. The Balaban J connectivity index is 1.52. The number of piperazine rings is 1. The van der Waals surface area contributed by atoms with Crippen LogP contribution in [0.1, 0.15) is 77.7 Å². The molecule has 2 aliphatic heterocycles. The lowest BCUT2D eigenvalue weighted by Gasteiger charge is -2.41. The van der Waals surface area contributed by atoms with Gasteiger partial charge in [0.2, 0.25) is 0 Å². The Labute approximate surface area is 197 Å². The number of ether oxygens (including phenoxy) is 1. The van der Waals surface area contributed by atoms with Gasteiger partial charge >= 0.3 is 0 Å². The second kappa shape index (κ2) is 10.8. The number of anilines is 2. The van der Waals surface area contributed by atoms with E-state index in [9.17, 15) is 0 Å². The first-order valence-electron chi connectivity index (χ1n) is 13.4. The highest BCUT2D eigenvalue weighted by molar-refractivity contribution is 5.65. The summed E-state index contributed by atoms with van der Waals surface area (Å²) >= 11 is 0. The molecule has 2 heterocycles. The minimum atomic E-state index is 0.447. The van der Waals surface area contributed by atoms with Gasteiger partial charge in [0.05, 0.1) is 13.2 Å². The average Bonchev–Trinajstić information content (AvgIpc) is 2.83. The molecule has 0 amide bonds. The van der Waals surface area contributed by atoms with Gasteiger partial charge in [0, 0.05) is 50.6 Å². The van der Waals surface area contributed by atoms with Crippen LogP contribution >= 0.6 is 0 Å². The van der Waals surface area contributed by atoms with E-state index in [0.717, 1.165) is 38.1 Å². The maximum atomic E-state index is 5.61. The summed E-state index contributed by atoms with van der Waals surface area (Å²) in [7, 11) is 0. The van der Waals surface area contributed by atoms with Gasteiger partial charge in [0.25, 0.3) is 0 Å². The van der Waals surface area contributed by atoms with E-state index in [2.05, 4.69) is 60.6 Å². The third kappa shape index (κ3) is 5.80. The number of morpholine rings is 1. The second-order valence-corrected chi connectivity index (χ2v) is 11.4. The van der Waals surface area contributed by atoms with E-state index in [1.165, 1.54) is 82.6 Å². The summed E-state index contributed by atoms with van der Waals surface area (Å²) < 4.78 is 5.61. The van der Waals surface area contributed by atoms with Crippen molar-refractivity contribution in [2.24, 2.45) is 11.3 Å². The van der Waals surface area contributed by atoms with Crippen LogP contribution in [0.4, 0.5) is 11.4 Å². The molecule has 0 bridgehead atoms. The van der Waals surface area contributed by atoms with Crippen LogP contribution < -0.4 is 9.80 Å². The molecular weight excluding hydrogens is 394 g/mol. The van der Waals surface area contributed by atoms with Gasteiger partial charge in [0.1, 0.15) is 0 Å². The van der Waals surface area contributed by atoms with Gasteiger partial charge in [-0.05, 0) is 73.6 Å². The van der Waals surface area contributed by atoms with E-state index >= 15 is 0 Å². The SMILES string of the molecule is CCCCN1CCN(c2cc(N3CCOCC3)ccc2C2CCC(C(C)(C)C)CC2)CC1. The minimum absolute atomic E-state index is 0.447. The molecule has 4 rings (SSSR count). The molecular formula is C28H47N3O. The maximum Gasteiger partial charge on any atom is 0.0642 e. The van der Waals surface area contributed by atoms with Crippen molar-refractivity contribution in [1.29, 1.82) is 0 Å². The fraction of sp³-hybridized carbons (Fsp3) is 0.786.